The topological polar surface area (TPSA) is 59.1 Å². The number of nitrogens with one attached hydrogen (secondary N) is 2. The zero-order chi connectivity index (χ0) is 16.2. The van der Waals surface area contributed by atoms with Crippen molar-refractivity contribution in [3.05, 3.63) is 40.2 Å². The fourth-order valence-corrected chi connectivity index (χ4v) is 2.70. The van der Waals surface area contributed by atoms with E-state index in [1.807, 2.05) is 0 Å². The van der Waals surface area contributed by atoms with Crippen molar-refractivity contribution in [1.29, 1.82) is 0 Å². The van der Waals surface area contributed by atoms with Crippen molar-refractivity contribution in [3.8, 4) is 0 Å². The van der Waals surface area contributed by atoms with E-state index in [2.05, 4.69) is 36.5 Å². The van der Waals surface area contributed by atoms with Gasteiger partial charge in [-0.3, -0.25) is 0 Å². The molecule has 2 N–H and O–H groups in total. The highest BCUT2D eigenvalue weighted by Gasteiger charge is 2.16. The summed E-state index contributed by atoms with van der Waals surface area (Å²) in [4.78, 5) is 8.63. The van der Waals surface area contributed by atoms with E-state index in [4.69, 9.17) is 4.74 Å². The van der Waals surface area contributed by atoms with Crippen LogP contribution in [-0.4, -0.2) is 29.2 Å². The third-order valence-electron chi connectivity index (χ3n) is 3.69. The second kappa shape index (κ2) is 8.60. The van der Waals surface area contributed by atoms with Gasteiger partial charge in [0.25, 0.3) is 0 Å². The molecular weight excluding hydrogens is 399 g/mol. The number of halogens is 3. The van der Waals surface area contributed by atoms with Crippen LogP contribution in [0, 0.1) is 12.7 Å². The highest BCUT2D eigenvalue weighted by molar-refractivity contribution is 9.10. The molecule has 3 rings (SSSR count). The van der Waals surface area contributed by atoms with Crippen LogP contribution in [0.25, 0.3) is 0 Å². The lowest BCUT2D eigenvalue weighted by molar-refractivity contribution is 0.120. The Kier molecular flexibility index (Phi) is 6.77. The lowest BCUT2D eigenvalue weighted by atomic mass is 10.2. The molecule has 1 unspecified atom stereocenters. The second-order valence-corrected chi connectivity index (χ2v) is 6.35. The number of aromatic nitrogens is 2. The summed E-state index contributed by atoms with van der Waals surface area (Å²) in [5, 5.41) is 6.28. The summed E-state index contributed by atoms with van der Waals surface area (Å²) >= 11 is 3.43. The van der Waals surface area contributed by atoms with Crippen molar-refractivity contribution in [2.24, 2.45) is 0 Å². The van der Waals surface area contributed by atoms with E-state index in [0.29, 0.717) is 29.6 Å². The number of aryl methyl sites for hydroxylation is 1. The first-order valence-electron chi connectivity index (χ1n) is 7.53. The SMILES string of the molecule is Cc1ccc(Nc2ncc(Br)c(NCC3CCCO3)n2)cc1F.Cl. The Morgan fingerprint density at radius 1 is 1.42 bits per heavy atom. The van der Waals surface area contributed by atoms with Crippen molar-refractivity contribution in [3.63, 3.8) is 0 Å². The highest BCUT2D eigenvalue weighted by atomic mass is 79.9. The molecule has 0 bridgehead atoms. The first kappa shape index (κ1) is 18.9. The molecule has 130 valence electrons. The predicted octanol–water partition coefficient (Wildman–Crippen LogP) is 4.44. The van der Waals surface area contributed by atoms with Gasteiger partial charge in [-0.1, -0.05) is 6.07 Å². The van der Waals surface area contributed by atoms with Gasteiger partial charge in [-0.15, -0.1) is 12.4 Å². The molecule has 1 atom stereocenters. The number of ether oxygens (including phenoxy) is 1. The van der Waals surface area contributed by atoms with Crippen molar-refractivity contribution in [1.82, 2.24) is 9.97 Å². The fraction of sp³-hybridized carbons (Fsp3) is 0.375. The van der Waals surface area contributed by atoms with Gasteiger partial charge in [0, 0.05) is 25.0 Å². The molecule has 0 amide bonds. The summed E-state index contributed by atoms with van der Waals surface area (Å²) in [6.45, 7) is 3.25. The molecular formula is C16H19BrClFN4O. The Bertz CT molecular complexity index is 698. The van der Waals surface area contributed by atoms with Gasteiger partial charge >= 0.3 is 0 Å². The molecule has 5 nitrogen and oxygen atoms in total. The predicted molar refractivity (Wildman–Crippen MR) is 98.9 cm³/mol. The lowest BCUT2D eigenvalue weighted by Gasteiger charge is -2.13. The van der Waals surface area contributed by atoms with Crippen LogP contribution in [0.3, 0.4) is 0 Å². The van der Waals surface area contributed by atoms with Crippen LogP contribution in [0.4, 0.5) is 21.8 Å². The first-order valence-corrected chi connectivity index (χ1v) is 8.32. The summed E-state index contributed by atoms with van der Waals surface area (Å²) in [5.41, 5.74) is 1.21. The van der Waals surface area contributed by atoms with Crippen molar-refractivity contribution >= 4 is 45.8 Å². The third-order valence-corrected chi connectivity index (χ3v) is 4.27. The van der Waals surface area contributed by atoms with Crippen LogP contribution in [0.1, 0.15) is 18.4 Å². The molecule has 1 saturated heterocycles. The van der Waals surface area contributed by atoms with E-state index in [-0.39, 0.29) is 24.3 Å². The summed E-state index contributed by atoms with van der Waals surface area (Å²) in [6, 6.07) is 4.94. The minimum absolute atomic E-state index is 0. The van der Waals surface area contributed by atoms with E-state index < -0.39 is 0 Å². The van der Waals surface area contributed by atoms with Gasteiger partial charge in [-0.05, 0) is 53.4 Å². The molecule has 2 heterocycles. The number of rotatable bonds is 5. The van der Waals surface area contributed by atoms with Gasteiger partial charge in [0.2, 0.25) is 5.95 Å². The molecule has 24 heavy (non-hydrogen) atoms. The molecule has 1 aromatic heterocycles. The Labute approximate surface area is 155 Å². The number of hydrogen-bond donors (Lipinski definition) is 2. The molecule has 0 radical (unpaired) electrons. The monoisotopic (exact) mass is 416 g/mol. The average molecular weight is 418 g/mol. The maximum Gasteiger partial charge on any atom is 0.229 e. The lowest BCUT2D eigenvalue weighted by Crippen LogP contribution is -2.19. The molecule has 2 aromatic rings. The Balaban J connectivity index is 0.00000208. The van der Waals surface area contributed by atoms with Crippen LogP contribution in [0.15, 0.2) is 28.9 Å². The van der Waals surface area contributed by atoms with E-state index in [9.17, 15) is 4.39 Å². The van der Waals surface area contributed by atoms with Gasteiger partial charge in [0.15, 0.2) is 0 Å². The zero-order valence-electron chi connectivity index (χ0n) is 13.2. The van der Waals surface area contributed by atoms with Gasteiger partial charge < -0.3 is 15.4 Å². The van der Waals surface area contributed by atoms with Gasteiger partial charge in [-0.25, -0.2) is 9.37 Å². The molecule has 0 aliphatic carbocycles. The number of anilines is 3. The van der Waals surface area contributed by atoms with E-state index in [1.54, 1.807) is 25.3 Å². The molecule has 1 aliphatic heterocycles. The fourth-order valence-electron chi connectivity index (χ4n) is 2.37. The van der Waals surface area contributed by atoms with Crippen molar-refractivity contribution in [2.45, 2.75) is 25.9 Å². The molecule has 0 saturated carbocycles. The smallest absolute Gasteiger partial charge is 0.229 e. The van der Waals surface area contributed by atoms with Gasteiger partial charge in [0.1, 0.15) is 11.6 Å². The van der Waals surface area contributed by atoms with E-state index in [0.717, 1.165) is 23.9 Å². The van der Waals surface area contributed by atoms with Crippen LogP contribution in [0.2, 0.25) is 0 Å². The third kappa shape index (κ3) is 4.78. The zero-order valence-corrected chi connectivity index (χ0v) is 15.6. The quantitative estimate of drug-likeness (QED) is 0.753. The van der Waals surface area contributed by atoms with Crippen LogP contribution >= 0.6 is 28.3 Å². The Hall–Kier alpha value is -1.44. The number of nitrogens with zero attached hydrogens (tertiary/aromatic N) is 2. The maximum atomic E-state index is 13.6. The van der Waals surface area contributed by atoms with Gasteiger partial charge in [0.05, 0.1) is 10.6 Å². The number of hydrogen-bond acceptors (Lipinski definition) is 5. The average Bonchev–Trinajstić information content (AvgIpc) is 3.05. The highest BCUT2D eigenvalue weighted by Crippen LogP contribution is 2.23. The Morgan fingerprint density at radius 2 is 2.25 bits per heavy atom. The van der Waals surface area contributed by atoms with Gasteiger partial charge in [-0.2, -0.15) is 4.98 Å². The number of benzene rings is 1. The second-order valence-electron chi connectivity index (χ2n) is 5.50. The summed E-state index contributed by atoms with van der Waals surface area (Å²) in [5.74, 6) is 0.834. The Morgan fingerprint density at radius 3 is 2.96 bits per heavy atom. The molecule has 1 aliphatic rings. The summed E-state index contributed by atoms with van der Waals surface area (Å²) in [6.07, 6.45) is 4.05. The molecule has 1 aromatic carbocycles. The summed E-state index contributed by atoms with van der Waals surface area (Å²) < 4.78 is 20.0. The van der Waals surface area contributed by atoms with Crippen LogP contribution in [-0.2, 0) is 4.74 Å². The standard InChI is InChI=1S/C16H18BrFN4O.ClH/c1-10-4-5-11(7-14(10)18)21-16-20-9-13(17)15(22-16)19-8-12-3-2-6-23-12;/h4-5,7,9,12H,2-3,6,8H2,1H3,(H2,19,20,21,22);1H. The largest absolute Gasteiger partial charge is 0.376 e. The minimum atomic E-state index is -0.260. The first-order chi connectivity index (χ1) is 11.1. The van der Waals surface area contributed by atoms with E-state index in [1.165, 1.54) is 6.07 Å². The van der Waals surface area contributed by atoms with Crippen molar-refractivity contribution < 1.29 is 9.13 Å². The maximum absolute atomic E-state index is 13.6. The van der Waals surface area contributed by atoms with Crippen LogP contribution < -0.4 is 10.6 Å². The van der Waals surface area contributed by atoms with Crippen molar-refractivity contribution in [2.75, 3.05) is 23.8 Å². The molecule has 0 spiro atoms. The minimum Gasteiger partial charge on any atom is -0.376 e. The molecule has 1 fully saturated rings. The normalized spacial score (nSPS) is 16.5. The van der Waals surface area contributed by atoms with Crippen LogP contribution in [0.5, 0.6) is 0 Å². The van der Waals surface area contributed by atoms with E-state index >= 15 is 0 Å². The molecule has 8 heteroatoms. The summed E-state index contributed by atoms with van der Waals surface area (Å²) in [7, 11) is 0.